The molecule has 0 radical (unpaired) electrons. The maximum atomic E-state index is 13.3. The maximum Gasteiger partial charge on any atom is 0.512 e. The predicted octanol–water partition coefficient (Wildman–Crippen LogP) is 2.42. The molecule has 0 aromatic heterocycles. The molecular weight excluding hydrogens is 211 g/mol. The molecule has 15 heavy (non-hydrogen) atoms. The summed E-state index contributed by atoms with van der Waals surface area (Å²) in [6.45, 7) is -5.31. The van der Waals surface area contributed by atoms with Crippen LogP contribution in [0.4, 0.5) is 17.3 Å². The van der Waals surface area contributed by atoms with Crippen LogP contribution < -0.4 is 10.2 Å². The first-order chi connectivity index (χ1) is 6.98. The van der Waals surface area contributed by atoms with Crippen molar-refractivity contribution in [3.05, 3.63) is 24.0 Å². The van der Waals surface area contributed by atoms with Crippen LogP contribution in [0.25, 0.3) is 0 Å². The van der Waals surface area contributed by atoms with Crippen LogP contribution >= 0.6 is 0 Å². The summed E-state index contributed by atoms with van der Waals surface area (Å²) in [5.74, 6) is -1.59. The Hall–Kier alpha value is -1.20. The predicted molar refractivity (Wildman–Crippen MR) is 48.8 cm³/mol. The van der Waals surface area contributed by atoms with Gasteiger partial charge in [0.2, 0.25) is 0 Å². The molecule has 1 fully saturated rings. The molecule has 0 heterocycles. The van der Waals surface area contributed by atoms with Crippen molar-refractivity contribution >= 4 is 12.4 Å². The molecule has 0 atom stereocenters. The quantitative estimate of drug-likeness (QED) is 0.560. The highest BCUT2D eigenvalue weighted by atomic mass is 19.4. The molecule has 0 amide bonds. The van der Waals surface area contributed by atoms with Gasteiger partial charge in [-0.2, -0.15) is 0 Å². The average molecular weight is 219 g/mol. The fourth-order valence-corrected chi connectivity index (χ4v) is 1.24. The zero-order valence-corrected chi connectivity index (χ0v) is 7.72. The average Bonchev–Trinajstić information content (AvgIpc) is 2.90. The van der Waals surface area contributed by atoms with Crippen molar-refractivity contribution in [1.29, 1.82) is 0 Å². The number of benzene rings is 1. The van der Waals surface area contributed by atoms with Crippen molar-refractivity contribution in [1.82, 2.24) is 0 Å². The molecule has 1 aromatic rings. The Morgan fingerprint density at radius 3 is 2.40 bits per heavy atom. The molecule has 1 aliphatic carbocycles. The Labute approximate surface area is 84.1 Å². The Morgan fingerprint density at radius 2 is 1.87 bits per heavy atom. The zero-order chi connectivity index (χ0) is 11.1. The van der Waals surface area contributed by atoms with Crippen molar-refractivity contribution in [2.45, 2.75) is 18.9 Å². The molecule has 1 aromatic carbocycles. The van der Waals surface area contributed by atoms with E-state index in [9.17, 15) is 17.3 Å². The second kappa shape index (κ2) is 3.43. The molecule has 0 N–H and O–H groups in total. The Balaban J connectivity index is 2.31. The van der Waals surface area contributed by atoms with Crippen molar-refractivity contribution in [2.24, 2.45) is 0 Å². The van der Waals surface area contributed by atoms with E-state index in [1.54, 1.807) is 0 Å². The van der Waals surface area contributed by atoms with Crippen LogP contribution in [0.2, 0.25) is 0 Å². The second-order valence-electron chi connectivity index (χ2n) is 3.55. The zero-order valence-electron chi connectivity index (χ0n) is 7.72. The molecule has 0 bridgehead atoms. The third-order valence-electron chi connectivity index (χ3n) is 2.16. The molecule has 82 valence electrons. The molecule has 0 aliphatic heterocycles. The third-order valence-corrected chi connectivity index (χ3v) is 2.16. The largest absolute Gasteiger partial charge is 0.512 e. The van der Waals surface area contributed by atoms with E-state index >= 15 is 0 Å². The smallest absolute Gasteiger partial charge is 0.487 e. The Bertz CT molecular complexity index is 373. The maximum absolute atomic E-state index is 13.3. The molecular formula is C9H8BF4O-. The molecule has 6 heteroatoms. The SMILES string of the molecule is Fc1c(OC2CC2)cccc1[B-](F)(F)F. The van der Waals surface area contributed by atoms with Gasteiger partial charge in [0.1, 0.15) is 5.82 Å². The van der Waals surface area contributed by atoms with Crippen molar-refractivity contribution < 1.29 is 22.1 Å². The molecule has 0 spiro atoms. The molecule has 0 saturated heterocycles. The molecule has 1 nitrogen and oxygen atoms in total. The van der Waals surface area contributed by atoms with Crippen LogP contribution in [-0.2, 0) is 0 Å². The first-order valence-corrected chi connectivity index (χ1v) is 4.63. The van der Waals surface area contributed by atoms with E-state index in [0.29, 0.717) is 0 Å². The number of hydrogen-bond donors (Lipinski definition) is 0. The lowest BCUT2D eigenvalue weighted by atomic mass is 9.79. The van der Waals surface area contributed by atoms with E-state index in [0.717, 1.165) is 25.0 Å². The number of rotatable bonds is 3. The first kappa shape index (κ1) is 10.3. The van der Waals surface area contributed by atoms with Crippen LogP contribution in [0, 0.1) is 5.82 Å². The van der Waals surface area contributed by atoms with Gasteiger partial charge in [-0.15, -0.1) is 0 Å². The van der Waals surface area contributed by atoms with E-state index in [4.69, 9.17) is 4.74 Å². The standard InChI is InChI=1S/C9H8BF4O/c11-9-7(10(12,13)14)2-1-3-8(9)15-6-4-5-6/h1-3,6H,4-5H2/q-1. The lowest BCUT2D eigenvalue weighted by Gasteiger charge is -2.17. The molecule has 1 aliphatic rings. The topological polar surface area (TPSA) is 9.23 Å². The molecule has 2 rings (SSSR count). The first-order valence-electron chi connectivity index (χ1n) is 4.63. The summed E-state index contributed by atoms with van der Waals surface area (Å²) < 4.78 is 55.4. The number of hydrogen-bond acceptors (Lipinski definition) is 1. The van der Waals surface area contributed by atoms with Gasteiger partial charge >= 0.3 is 6.98 Å². The minimum atomic E-state index is -5.31. The summed E-state index contributed by atoms with van der Waals surface area (Å²) >= 11 is 0. The van der Waals surface area contributed by atoms with Crippen LogP contribution in [0.1, 0.15) is 12.8 Å². The van der Waals surface area contributed by atoms with E-state index in [1.165, 1.54) is 6.07 Å². The van der Waals surface area contributed by atoms with Gasteiger partial charge in [-0.25, -0.2) is 4.39 Å². The number of ether oxygens (including phenoxy) is 1. The van der Waals surface area contributed by atoms with Gasteiger partial charge in [-0.05, 0) is 18.9 Å². The summed E-state index contributed by atoms with van der Waals surface area (Å²) in [5, 5.41) is 0. The van der Waals surface area contributed by atoms with Gasteiger partial charge in [0.25, 0.3) is 0 Å². The van der Waals surface area contributed by atoms with Gasteiger partial charge < -0.3 is 17.7 Å². The van der Waals surface area contributed by atoms with Gasteiger partial charge in [0.15, 0.2) is 5.75 Å². The van der Waals surface area contributed by atoms with Crippen molar-refractivity contribution in [3.8, 4) is 5.75 Å². The summed E-state index contributed by atoms with van der Waals surface area (Å²) in [6, 6.07) is 3.11. The van der Waals surface area contributed by atoms with Crippen LogP contribution in [0.15, 0.2) is 18.2 Å². The fourth-order valence-electron chi connectivity index (χ4n) is 1.24. The summed E-state index contributed by atoms with van der Waals surface area (Å²) in [7, 11) is 0. The van der Waals surface area contributed by atoms with E-state index in [-0.39, 0.29) is 11.9 Å². The highest BCUT2D eigenvalue weighted by Crippen LogP contribution is 2.28. The lowest BCUT2D eigenvalue weighted by Crippen LogP contribution is -2.36. The monoisotopic (exact) mass is 219 g/mol. The van der Waals surface area contributed by atoms with Gasteiger partial charge in [0, 0.05) is 0 Å². The van der Waals surface area contributed by atoms with E-state index < -0.39 is 18.3 Å². The summed E-state index contributed by atoms with van der Waals surface area (Å²) in [5.41, 5.74) is -1.21. The highest BCUT2D eigenvalue weighted by Gasteiger charge is 2.31. The highest BCUT2D eigenvalue weighted by molar-refractivity contribution is 6.73. The van der Waals surface area contributed by atoms with Crippen molar-refractivity contribution in [2.75, 3.05) is 0 Å². The van der Waals surface area contributed by atoms with Crippen molar-refractivity contribution in [3.63, 3.8) is 0 Å². The third kappa shape index (κ3) is 2.24. The van der Waals surface area contributed by atoms with Gasteiger partial charge in [-0.3, -0.25) is 0 Å². The normalized spacial score (nSPS) is 16.5. The molecule has 0 unspecified atom stereocenters. The fraction of sp³-hybridized carbons (Fsp3) is 0.333. The molecule has 1 saturated carbocycles. The lowest BCUT2D eigenvalue weighted by molar-refractivity contribution is 0.288. The summed E-state index contributed by atoms with van der Waals surface area (Å²) in [6.07, 6.45) is 1.44. The van der Waals surface area contributed by atoms with Crippen LogP contribution in [0.5, 0.6) is 5.75 Å². The van der Waals surface area contributed by atoms with E-state index in [2.05, 4.69) is 0 Å². The van der Waals surface area contributed by atoms with Gasteiger partial charge in [0.05, 0.1) is 6.10 Å². The minimum Gasteiger partial charge on any atom is -0.487 e. The van der Waals surface area contributed by atoms with Crippen LogP contribution in [0.3, 0.4) is 0 Å². The Morgan fingerprint density at radius 1 is 1.20 bits per heavy atom. The van der Waals surface area contributed by atoms with Gasteiger partial charge in [-0.1, -0.05) is 17.6 Å². The summed E-state index contributed by atoms with van der Waals surface area (Å²) in [4.78, 5) is 0. The van der Waals surface area contributed by atoms with Crippen LogP contribution in [-0.4, -0.2) is 13.1 Å². The number of halogens is 4. The van der Waals surface area contributed by atoms with E-state index in [1.807, 2.05) is 0 Å². The minimum absolute atomic E-state index is 0.115. The Kier molecular flexibility index (Phi) is 2.36. The second-order valence-corrected chi connectivity index (χ2v) is 3.55.